The zero-order valence-electron chi connectivity index (χ0n) is 6.50. The first-order chi connectivity index (χ1) is 5.79. The Morgan fingerprint density at radius 1 is 1.25 bits per heavy atom. The van der Waals surface area contributed by atoms with Crippen molar-refractivity contribution in [2.24, 2.45) is 0 Å². The van der Waals surface area contributed by atoms with Gasteiger partial charge in [0.25, 0.3) is 0 Å². The second kappa shape index (κ2) is 2.73. The first-order valence-electron chi connectivity index (χ1n) is 3.92. The lowest BCUT2D eigenvalue weighted by atomic mass is 10.2. The van der Waals surface area contributed by atoms with Crippen LogP contribution >= 0.6 is 0 Å². The van der Waals surface area contributed by atoms with Crippen molar-refractivity contribution in [1.82, 2.24) is 0 Å². The van der Waals surface area contributed by atoms with E-state index in [-0.39, 0.29) is 0 Å². The molecule has 64 valence electrons. The van der Waals surface area contributed by atoms with Crippen LogP contribution in [0.25, 0.3) is 0 Å². The van der Waals surface area contributed by atoms with Crippen molar-refractivity contribution < 1.29 is 8.78 Å². The van der Waals surface area contributed by atoms with E-state index in [1.165, 1.54) is 0 Å². The Bertz CT molecular complexity index is 286. The van der Waals surface area contributed by atoms with Crippen LogP contribution in [-0.4, -0.2) is 13.1 Å². The average Bonchev–Trinajstić information content (AvgIpc) is 2.47. The summed E-state index contributed by atoms with van der Waals surface area (Å²) in [5.74, 6) is 0. The minimum atomic E-state index is -2.37. The lowest BCUT2D eigenvalue weighted by Gasteiger charge is -2.17. The standard InChI is InChI=1S/C9H9F2N/c10-9(11)12-6-5-7-3-1-2-4-8(7)12/h1-4,9H,5-6H2. The van der Waals surface area contributed by atoms with Crippen molar-refractivity contribution >= 4 is 5.69 Å². The summed E-state index contributed by atoms with van der Waals surface area (Å²) in [6.45, 7) is -1.93. The topological polar surface area (TPSA) is 3.24 Å². The highest BCUT2D eigenvalue weighted by Gasteiger charge is 2.24. The van der Waals surface area contributed by atoms with Gasteiger partial charge in [-0.15, -0.1) is 0 Å². The number of hydrogen-bond acceptors (Lipinski definition) is 1. The summed E-state index contributed by atoms with van der Waals surface area (Å²) in [6.07, 6.45) is 0.737. The van der Waals surface area contributed by atoms with E-state index in [0.717, 1.165) is 16.9 Å². The summed E-state index contributed by atoms with van der Waals surface area (Å²) in [6, 6.07) is 7.32. The number of fused-ring (bicyclic) bond motifs is 1. The number of halogens is 2. The Balaban J connectivity index is 2.36. The van der Waals surface area contributed by atoms with Crippen LogP contribution in [0, 0.1) is 0 Å². The second-order valence-corrected chi connectivity index (χ2v) is 2.85. The molecule has 1 nitrogen and oxygen atoms in total. The zero-order valence-corrected chi connectivity index (χ0v) is 6.50. The smallest absolute Gasteiger partial charge is 0.315 e. The predicted octanol–water partition coefficient (Wildman–Crippen LogP) is 2.27. The maximum absolute atomic E-state index is 12.3. The molecular weight excluding hydrogens is 160 g/mol. The highest BCUT2D eigenvalue weighted by molar-refractivity contribution is 5.57. The number of benzene rings is 1. The van der Waals surface area contributed by atoms with Crippen molar-refractivity contribution in [3.63, 3.8) is 0 Å². The quantitative estimate of drug-likeness (QED) is 0.583. The van der Waals surface area contributed by atoms with Gasteiger partial charge in [-0.1, -0.05) is 18.2 Å². The summed E-state index contributed by atoms with van der Waals surface area (Å²) in [5.41, 5.74) is 1.71. The minimum absolute atomic E-state index is 0.441. The average molecular weight is 169 g/mol. The molecule has 0 atom stereocenters. The Labute approximate surface area is 69.6 Å². The van der Waals surface area contributed by atoms with Gasteiger partial charge in [-0.25, -0.2) is 0 Å². The summed E-state index contributed by atoms with van der Waals surface area (Å²) in [5, 5.41) is 0. The summed E-state index contributed by atoms with van der Waals surface area (Å²) in [7, 11) is 0. The zero-order chi connectivity index (χ0) is 8.55. The third-order valence-electron chi connectivity index (χ3n) is 2.16. The van der Waals surface area contributed by atoms with Gasteiger partial charge < -0.3 is 4.90 Å². The van der Waals surface area contributed by atoms with Crippen molar-refractivity contribution in [2.45, 2.75) is 13.0 Å². The molecule has 1 aliphatic heterocycles. The lowest BCUT2D eigenvalue weighted by molar-refractivity contribution is 0.145. The van der Waals surface area contributed by atoms with E-state index in [4.69, 9.17) is 0 Å². The van der Waals surface area contributed by atoms with E-state index in [1.54, 1.807) is 12.1 Å². The van der Waals surface area contributed by atoms with Crippen LogP contribution in [0.5, 0.6) is 0 Å². The number of para-hydroxylation sites is 1. The van der Waals surface area contributed by atoms with E-state index in [2.05, 4.69) is 0 Å². The molecule has 0 bridgehead atoms. The molecule has 0 aliphatic carbocycles. The van der Waals surface area contributed by atoms with Gasteiger partial charge in [-0.2, -0.15) is 8.78 Å². The Hall–Kier alpha value is -1.12. The predicted molar refractivity (Wildman–Crippen MR) is 43.5 cm³/mol. The van der Waals surface area contributed by atoms with Gasteiger partial charge in [0.1, 0.15) is 0 Å². The van der Waals surface area contributed by atoms with Gasteiger partial charge in [0.15, 0.2) is 0 Å². The van der Waals surface area contributed by atoms with Gasteiger partial charge in [0.2, 0.25) is 0 Å². The molecule has 0 saturated carbocycles. The van der Waals surface area contributed by atoms with E-state index in [0.29, 0.717) is 12.2 Å². The molecule has 0 spiro atoms. The molecule has 0 amide bonds. The molecule has 1 heterocycles. The fourth-order valence-electron chi connectivity index (χ4n) is 1.57. The van der Waals surface area contributed by atoms with Crippen molar-refractivity contribution in [1.29, 1.82) is 0 Å². The molecular formula is C9H9F2N. The van der Waals surface area contributed by atoms with Gasteiger partial charge in [0, 0.05) is 12.2 Å². The molecule has 0 N–H and O–H groups in total. The van der Waals surface area contributed by atoms with E-state index in [1.807, 2.05) is 12.1 Å². The van der Waals surface area contributed by atoms with E-state index < -0.39 is 6.55 Å². The van der Waals surface area contributed by atoms with E-state index >= 15 is 0 Å². The molecule has 1 aliphatic rings. The van der Waals surface area contributed by atoms with Crippen molar-refractivity contribution in [3.05, 3.63) is 29.8 Å². The Morgan fingerprint density at radius 2 is 2.00 bits per heavy atom. The third-order valence-corrected chi connectivity index (χ3v) is 2.16. The number of anilines is 1. The number of alkyl halides is 2. The van der Waals surface area contributed by atoms with Crippen LogP contribution in [0.3, 0.4) is 0 Å². The van der Waals surface area contributed by atoms with Crippen molar-refractivity contribution in [3.8, 4) is 0 Å². The molecule has 0 saturated heterocycles. The molecule has 0 aromatic heterocycles. The minimum Gasteiger partial charge on any atom is -0.315 e. The van der Waals surface area contributed by atoms with Crippen LogP contribution in [0.2, 0.25) is 0 Å². The number of hydrogen-bond donors (Lipinski definition) is 0. The Kier molecular flexibility index (Phi) is 1.71. The molecule has 3 heteroatoms. The van der Waals surface area contributed by atoms with Crippen LogP contribution in [0.1, 0.15) is 5.56 Å². The van der Waals surface area contributed by atoms with Gasteiger partial charge in [0.05, 0.1) is 0 Å². The molecule has 0 fully saturated rings. The maximum Gasteiger partial charge on any atom is 0.315 e. The maximum atomic E-state index is 12.3. The molecule has 2 rings (SSSR count). The summed E-state index contributed by atoms with van der Waals surface area (Å²) >= 11 is 0. The van der Waals surface area contributed by atoms with Crippen LogP contribution in [0.4, 0.5) is 14.5 Å². The van der Waals surface area contributed by atoms with E-state index in [9.17, 15) is 8.78 Å². The van der Waals surface area contributed by atoms with Gasteiger partial charge >= 0.3 is 6.55 Å². The molecule has 12 heavy (non-hydrogen) atoms. The molecule has 1 aromatic carbocycles. The fraction of sp³-hybridized carbons (Fsp3) is 0.333. The molecule has 1 aromatic rings. The van der Waals surface area contributed by atoms with Crippen LogP contribution in [0.15, 0.2) is 24.3 Å². The summed E-state index contributed by atoms with van der Waals surface area (Å²) in [4.78, 5) is 1.13. The van der Waals surface area contributed by atoms with Gasteiger partial charge in [-0.3, -0.25) is 0 Å². The molecule has 0 radical (unpaired) electrons. The number of rotatable bonds is 1. The molecule has 0 unspecified atom stereocenters. The fourth-order valence-corrected chi connectivity index (χ4v) is 1.57. The number of nitrogens with zero attached hydrogens (tertiary/aromatic N) is 1. The highest BCUT2D eigenvalue weighted by Crippen LogP contribution is 2.29. The second-order valence-electron chi connectivity index (χ2n) is 2.85. The monoisotopic (exact) mass is 169 g/mol. The highest BCUT2D eigenvalue weighted by atomic mass is 19.3. The summed E-state index contributed by atoms with van der Waals surface area (Å²) < 4.78 is 24.7. The first-order valence-corrected chi connectivity index (χ1v) is 3.92. The normalized spacial score (nSPS) is 15.4. The van der Waals surface area contributed by atoms with Crippen molar-refractivity contribution in [2.75, 3.05) is 11.4 Å². The third kappa shape index (κ3) is 1.05. The first kappa shape index (κ1) is 7.53. The Morgan fingerprint density at radius 3 is 2.75 bits per heavy atom. The van der Waals surface area contributed by atoms with Crippen LogP contribution < -0.4 is 4.90 Å². The SMILES string of the molecule is FC(F)N1CCc2ccccc21. The lowest BCUT2D eigenvalue weighted by Crippen LogP contribution is -2.26. The van der Waals surface area contributed by atoms with Gasteiger partial charge in [-0.05, 0) is 18.1 Å². The largest absolute Gasteiger partial charge is 0.315 e. The van der Waals surface area contributed by atoms with Crippen LogP contribution in [-0.2, 0) is 6.42 Å².